The maximum absolute atomic E-state index is 9.63. The number of aromatic hydroxyl groups is 2. The first-order chi connectivity index (χ1) is 7.91. The van der Waals surface area contributed by atoms with E-state index in [-0.39, 0.29) is 29.1 Å². The lowest BCUT2D eigenvalue weighted by Crippen LogP contribution is -2.59. The van der Waals surface area contributed by atoms with Crippen LogP contribution >= 0.6 is 0 Å². The van der Waals surface area contributed by atoms with E-state index < -0.39 is 0 Å². The van der Waals surface area contributed by atoms with Crippen molar-refractivity contribution >= 4 is 0 Å². The number of aliphatic hydroxyl groups excluding tert-OH is 1. The van der Waals surface area contributed by atoms with Gasteiger partial charge in [-0.15, -0.1) is 0 Å². The molecule has 1 aliphatic rings. The van der Waals surface area contributed by atoms with Crippen LogP contribution in [-0.4, -0.2) is 27.5 Å². The van der Waals surface area contributed by atoms with Crippen LogP contribution in [-0.2, 0) is 6.54 Å². The summed E-state index contributed by atoms with van der Waals surface area (Å²) in [5.41, 5.74) is 0.631. The molecule has 1 saturated carbocycles. The molecule has 4 heteroatoms. The Morgan fingerprint density at radius 2 is 2.06 bits per heavy atom. The summed E-state index contributed by atoms with van der Waals surface area (Å²) in [7, 11) is 0. The summed E-state index contributed by atoms with van der Waals surface area (Å²) in [6, 6.07) is 4.83. The van der Waals surface area contributed by atoms with E-state index >= 15 is 0 Å². The summed E-state index contributed by atoms with van der Waals surface area (Å²) in [6.45, 7) is 4.58. The zero-order chi connectivity index (χ0) is 12.6. The minimum atomic E-state index is -0.256. The third-order valence-corrected chi connectivity index (χ3v) is 3.82. The zero-order valence-corrected chi connectivity index (χ0v) is 10.1. The molecule has 1 aromatic carbocycles. The molecular formula is C13H19NO3. The van der Waals surface area contributed by atoms with Crippen LogP contribution in [0.1, 0.15) is 25.8 Å². The van der Waals surface area contributed by atoms with Gasteiger partial charge in [-0.1, -0.05) is 19.9 Å². The first-order valence-electron chi connectivity index (χ1n) is 5.83. The lowest BCUT2D eigenvalue weighted by molar-refractivity contribution is -0.0730. The molecule has 0 radical (unpaired) electrons. The first kappa shape index (κ1) is 12.2. The highest BCUT2D eigenvalue weighted by atomic mass is 16.3. The molecule has 0 heterocycles. The van der Waals surface area contributed by atoms with Crippen LogP contribution in [0.4, 0.5) is 0 Å². The molecule has 0 saturated heterocycles. The molecule has 4 nitrogen and oxygen atoms in total. The van der Waals surface area contributed by atoms with Crippen LogP contribution in [0.5, 0.6) is 11.5 Å². The fourth-order valence-electron chi connectivity index (χ4n) is 2.18. The van der Waals surface area contributed by atoms with Crippen molar-refractivity contribution in [1.29, 1.82) is 0 Å². The molecule has 94 valence electrons. The van der Waals surface area contributed by atoms with Crippen LogP contribution in [0.25, 0.3) is 0 Å². The van der Waals surface area contributed by atoms with Gasteiger partial charge >= 0.3 is 0 Å². The van der Waals surface area contributed by atoms with Crippen molar-refractivity contribution in [3.63, 3.8) is 0 Å². The van der Waals surface area contributed by atoms with E-state index in [1.54, 1.807) is 12.1 Å². The van der Waals surface area contributed by atoms with E-state index in [1.165, 1.54) is 6.07 Å². The van der Waals surface area contributed by atoms with Crippen LogP contribution < -0.4 is 5.32 Å². The summed E-state index contributed by atoms with van der Waals surface area (Å²) in [5, 5.41) is 31.7. The topological polar surface area (TPSA) is 72.7 Å². The maximum atomic E-state index is 9.63. The van der Waals surface area contributed by atoms with Crippen molar-refractivity contribution in [1.82, 2.24) is 5.32 Å². The van der Waals surface area contributed by atoms with Gasteiger partial charge in [-0.05, 0) is 12.5 Å². The Kier molecular flexibility index (Phi) is 3.02. The fourth-order valence-corrected chi connectivity index (χ4v) is 2.18. The van der Waals surface area contributed by atoms with Gasteiger partial charge in [0, 0.05) is 29.6 Å². The number of phenols is 2. The fraction of sp³-hybridized carbons (Fsp3) is 0.538. The second kappa shape index (κ2) is 4.20. The van der Waals surface area contributed by atoms with Gasteiger partial charge in [0.2, 0.25) is 0 Å². The Morgan fingerprint density at radius 3 is 2.59 bits per heavy atom. The number of hydrogen-bond donors (Lipinski definition) is 4. The largest absolute Gasteiger partial charge is 0.508 e. The zero-order valence-electron chi connectivity index (χ0n) is 10.1. The lowest BCUT2D eigenvalue weighted by atomic mass is 9.64. The van der Waals surface area contributed by atoms with Crippen LogP contribution in [0, 0.1) is 5.41 Å². The Labute approximate surface area is 101 Å². The molecule has 2 rings (SSSR count). The van der Waals surface area contributed by atoms with Crippen LogP contribution in [0.2, 0.25) is 0 Å². The minimum absolute atomic E-state index is 0.0608. The third kappa shape index (κ3) is 2.23. The molecule has 4 N–H and O–H groups in total. The lowest BCUT2D eigenvalue weighted by Gasteiger charge is -2.49. The molecule has 2 unspecified atom stereocenters. The molecule has 0 aromatic heterocycles. The molecule has 0 bridgehead atoms. The van der Waals surface area contributed by atoms with Gasteiger partial charge in [0.1, 0.15) is 11.5 Å². The molecule has 0 aliphatic heterocycles. The van der Waals surface area contributed by atoms with Gasteiger partial charge < -0.3 is 20.6 Å². The molecule has 2 atom stereocenters. The Morgan fingerprint density at radius 1 is 1.35 bits per heavy atom. The Balaban J connectivity index is 1.95. The number of nitrogens with one attached hydrogen (secondary N) is 1. The highest BCUT2D eigenvalue weighted by Crippen LogP contribution is 2.40. The molecule has 1 aromatic rings. The van der Waals surface area contributed by atoms with Crippen LogP contribution in [0.3, 0.4) is 0 Å². The molecular weight excluding hydrogens is 218 g/mol. The van der Waals surface area contributed by atoms with Gasteiger partial charge in [0.15, 0.2) is 0 Å². The molecule has 17 heavy (non-hydrogen) atoms. The summed E-state index contributed by atoms with van der Waals surface area (Å²) in [5.74, 6) is 0.154. The van der Waals surface area contributed by atoms with E-state index in [2.05, 4.69) is 5.32 Å². The predicted octanol–water partition coefficient (Wildman–Crippen LogP) is 1.35. The Bertz CT molecular complexity index is 417. The quantitative estimate of drug-likeness (QED) is 0.640. The second-order valence-electron chi connectivity index (χ2n) is 5.32. The maximum Gasteiger partial charge on any atom is 0.123 e. The van der Waals surface area contributed by atoms with Gasteiger partial charge in [-0.3, -0.25) is 0 Å². The van der Waals surface area contributed by atoms with Gasteiger partial charge in [0.05, 0.1) is 6.10 Å². The summed E-state index contributed by atoms with van der Waals surface area (Å²) < 4.78 is 0. The van der Waals surface area contributed by atoms with E-state index in [0.717, 1.165) is 12.0 Å². The van der Waals surface area contributed by atoms with E-state index in [1.807, 2.05) is 13.8 Å². The van der Waals surface area contributed by atoms with Crippen molar-refractivity contribution in [3.05, 3.63) is 23.8 Å². The van der Waals surface area contributed by atoms with Crippen molar-refractivity contribution < 1.29 is 15.3 Å². The first-order valence-corrected chi connectivity index (χ1v) is 5.83. The number of benzene rings is 1. The predicted molar refractivity (Wildman–Crippen MR) is 64.8 cm³/mol. The van der Waals surface area contributed by atoms with Crippen molar-refractivity contribution in [2.24, 2.45) is 5.41 Å². The highest BCUT2D eigenvalue weighted by Gasteiger charge is 2.46. The molecule has 1 aliphatic carbocycles. The summed E-state index contributed by atoms with van der Waals surface area (Å²) >= 11 is 0. The van der Waals surface area contributed by atoms with Crippen LogP contribution in [0.15, 0.2) is 18.2 Å². The van der Waals surface area contributed by atoms with Gasteiger partial charge in [0.25, 0.3) is 0 Å². The molecule has 0 amide bonds. The van der Waals surface area contributed by atoms with Gasteiger partial charge in [-0.2, -0.15) is 0 Å². The SMILES string of the molecule is CC1(C)C(O)CC1NCc1ccc(O)cc1O. The monoisotopic (exact) mass is 237 g/mol. The minimum Gasteiger partial charge on any atom is -0.508 e. The highest BCUT2D eigenvalue weighted by molar-refractivity contribution is 5.38. The van der Waals surface area contributed by atoms with Crippen molar-refractivity contribution in [2.45, 2.75) is 39.0 Å². The van der Waals surface area contributed by atoms with E-state index in [9.17, 15) is 15.3 Å². The number of phenolic OH excluding ortho intramolecular Hbond substituents is 2. The van der Waals surface area contributed by atoms with E-state index in [4.69, 9.17) is 0 Å². The number of aliphatic hydroxyl groups is 1. The molecule has 0 spiro atoms. The standard InChI is InChI=1S/C13H19NO3/c1-13(2)11(6-12(13)17)14-7-8-3-4-9(15)5-10(8)16/h3-5,11-12,14-17H,6-7H2,1-2H3. The summed E-state index contributed by atoms with van der Waals surface area (Å²) in [4.78, 5) is 0. The average Bonchev–Trinajstić information content (AvgIpc) is 2.26. The average molecular weight is 237 g/mol. The summed E-state index contributed by atoms with van der Waals surface area (Å²) in [6.07, 6.45) is 0.486. The van der Waals surface area contributed by atoms with E-state index in [0.29, 0.717) is 6.54 Å². The third-order valence-electron chi connectivity index (χ3n) is 3.82. The van der Waals surface area contributed by atoms with Crippen molar-refractivity contribution in [3.8, 4) is 11.5 Å². The number of rotatable bonds is 3. The number of hydrogen-bond acceptors (Lipinski definition) is 4. The Hall–Kier alpha value is -1.26. The normalized spacial score (nSPS) is 26.5. The second-order valence-corrected chi connectivity index (χ2v) is 5.32. The van der Waals surface area contributed by atoms with Crippen molar-refractivity contribution in [2.75, 3.05) is 0 Å². The molecule has 1 fully saturated rings. The smallest absolute Gasteiger partial charge is 0.123 e. The van der Waals surface area contributed by atoms with Gasteiger partial charge in [-0.25, -0.2) is 0 Å².